The minimum absolute atomic E-state index is 0.580. The third kappa shape index (κ3) is 6.02. The van der Waals surface area contributed by atoms with Crippen LogP contribution in [-0.4, -0.2) is 23.8 Å². The monoisotopic (exact) mass is 295 g/mol. The number of rotatable bonds is 7. The van der Waals surface area contributed by atoms with Crippen molar-refractivity contribution in [3.05, 3.63) is 29.8 Å². The summed E-state index contributed by atoms with van der Waals surface area (Å²) in [6, 6.07) is 5.46. The van der Waals surface area contributed by atoms with E-state index in [-0.39, 0.29) is 0 Å². The van der Waals surface area contributed by atoms with Crippen LogP contribution >= 0.6 is 23.5 Å². The molecule has 1 aromatic carbocycles. The highest BCUT2D eigenvalue weighted by Crippen LogP contribution is 2.31. The summed E-state index contributed by atoms with van der Waals surface area (Å²) in [7, 11) is 0. The van der Waals surface area contributed by atoms with E-state index in [9.17, 15) is 13.2 Å². The lowest BCUT2D eigenvalue weighted by molar-refractivity contribution is -0.137. The van der Waals surface area contributed by atoms with Crippen molar-refractivity contribution in [3.8, 4) is 0 Å². The molecule has 0 spiro atoms. The third-order valence-electron chi connectivity index (χ3n) is 2.15. The zero-order valence-corrected chi connectivity index (χ0v) is 11.5. The number of hydrogen-bond acceptors (Lipinski definition) is 3. The second-order valence-electron chi connectivity index (χ2n) is 3.63. The van der Waals surface area contributed by atoms with E-state index in [1.54, 1.807) is 17.8 Å². The number of hydrogen-bond donors (Lipinski definition) is 1. The molecule has 0 aliphatic heterocycles. The van der Waals surface area contributed by atoms with Gasteiger partial charge in [0.1, 0.15) is 0 Å². The largest absolute Gasteiger partial charge is 0.416 e. The van der Waals surface area contributed by atoms with E-state index in [0.29, 0.717) is 11.4 Å². The van der Waals surface area contributed by atoms with Crippen LogP contribution in [0, 0.1) is 0 Å². The summed E-state index contributed by atoms with van der Waals surface area (Å²) < 4.78 is 37.4. The molecule has 1 aromatic rings. The molecule has 102 valence electrons. The molecule has 0 amide bonds. The molecule has 0 unspecified atom stereocenters. The van der Waals surface area contributed by atoms with Crippen molar-refractivity contribution in [1.82, 2.24) is 0 Å². The number of nitrogens with two attached hydrogens (primary N) is 1. The number of halogens is 3. The summed E-state index contributed by atoms with van der Waals surface area (Å²) in [6.07, 6.45) is -3.27. The lowest BCUT2D eigenvalue weighted by Gasteiger charge is -2.08. The SMILES string of the molecule is NCCCSCCSc1cccc(C(F)(F)F)c1. The summed E-state index contributed by atoms with van der Waals surface area (Å²) in [5.74, 6) is 2.76. The molecule has 1 nitrogen and oxygen atoms in total. The Bertz CT molecular complexity index is 355. The molecule has 0 saturated heterocycles. The van der Waals surface area contributed by atoms with Crippen molar-refractivity contribution in [2.24, 2.45) is 5.73 Å². The van der Waals surface area contributed by atoms with Gasteiger partial charge in [-0.3, -0.25) is 0 Å². The fraction of sp³-hybridized carbons (Fsp3) is 0.500. The molecule has 0 saturated carbocycles. The van der Waals surface area contributed by atoms with Crippen LogP contribution in [0.3, 0.4) is 0 Å². The molecule has 0 fully saturated rings. The minimum atomic E-state index is -4.26. The van der Waals surface area contributed by atoms with Gasteiger partial charge in [0, 0.05) is 16.4 Å². The van der Waals surface area contributed by atoms with Crippen molar-refractivity contribution < 1.29 is 13.2 Å². The number of benzene rings is 1. The predicted octanol–water partition coefficient (Wildman–Crippen LogP) is 3.88. The molecule has 6 heteroatoms. The quantitative estimate of drug-likeness (QED) is 0.610. The van der Waals surface area contributed by atoms with Crippen LogP contribution in [0.25, 0.3) is 0 Å². The summed E-state index contributed by atoms with van der Waals surface area (Å²) in [5.41, 5.74) is 4.79. The first-order chi connectivity index (χ1) is 8.54. The summed E-state index contributed by atoms with van der Waals surface area (Å²) in [6.45, 7) is 0.688. The summed E-state index contributed by atoms with van der Waals surface area (Å²) in [5, 5.41) is 0. The second kappa shape index (κ2) is 7.96. The van der Waals surface area contributed by atoms with E-state index in [1.165, 1.54) is 23.9 Å². The Balaban J connectivity index is 2.34. The molecule has 0 aliphatic carbocycles. The zero-order valence-electron chi connectivity index (χ0n) is 9.87. The van der Waals surface area contributed by atoms with E-state index in [2.05, 4.69) is 0 Å². The van der Waals surface area contributed by atoms with Crippen LogP contribution < -0.4 is 5.73 Å². The molecule has 18 heavy (non-hydrogen) atoms. The van der Waals surface area contributed by atoms with Crippen molar-refractivity contribution in [1.29, 1.82) is 0 Å². The van der Waals surface area contributed by atoms with Crippen LogP contribution in [0.2, 0.25) is 0 Å². The molecule has 0 aliphatic rings. The van der Waals surface area contributed by atoms with E-state index in [4.69, 9.17) is 5.73 Å². The first-order valence-corrected chi connectivity index (χ1v) is 7.76. The van der Waals surface area contributed by atoms with Gasteiger partial charge in [0.05, 0.1) is 5.56 Å². The Hall–Kier alpha value is -0.330. The van der Waals surface area contributed by atoms with Crippen LogP contribution in [0.15, 0.2) is 29.2 Å². The average molecular weight is 295 g/mol. The maximum atomic E-state index is 12.5. The maximum Gasteiger partial charge on any atom is 0.416 e. The van der Waals surface area contributed by atoms with E-state index in [1.807, 2.05) is 0 Å². The van der Waals surface area contributed by atoms with Gasteiger partial charge in [0.15, 0.2) is 0 Å². The van der Waals surface area contributed by atoms with Gasteiger partial charge in [-0.25, -0.2) is 0 Å². The lowest BCUT2D eigenvalue weighted by Crippen LogP contribution is -2.04. The zero-order chi connectivity index (χ0) is 13.4. The van der Waals surface area contributed by atoms with Crippen molar-refractivity contribution in [2.75, 3.05) is 23.8 Å². The van der Waals surface area contributed by atoms with Gasteiger partial charge in [-0.15, -0.1) is 11.8 Å². The van der Waals surface area contributed by atoms with E-state index in [0.717, 1.165) is 29.7 Å². The second-order valence-corrected chi connectivity index (χ2v) is 6.02. The Morgan fingerprint density at radius 3 is 2.56 bits per heavy atom. The summed E-state index contributed by atoms with van der Waals surface area (Å²) in [4.78, 5) is 0.671. The third-order valence-corrected chi connectivity index (χ3v) is 4.47. The first kappa shape index (κ1) is 15.7. The minimum Gasteiger partial charge on any atom is -0.330 e. The standard InChI is InChI=1S/C12H16F3NS2/c13-12(14,15)10-3-1-4-11(9-10)18-8-7-17-6-2-5-16/h1,3-4,9H,2,5-8,16H2. The number of alkyl halides is 3. The highest BCUT2D eigenvalue weighted by Gasteiger charge is 2.30. The van der Waals surface area contributed by atoms with Gasteiger partial charge in [-0.1, -0.05) is 6.07 Å². The highest BCUT2D eigenvalue weighted by molar-refractivity contribution is 8.02. The van der Waals surface area contributed by atoms with Gasteiger partial charge in [0.25, 0.3) is 0 Å². The molecule has 0 radical (unpaired) electrons. The lowest BCUT2D eigenvalue weighted by atomic mass is 10.2. The van der Waals surface area contributed by atoms with Gasteiger partial charge in [0.2, 0.25) is 0 Å². The molecule has 2 N–H and O–H groups in total. The van der Waals surface area contributed by atoms with Crippen LogP contribution in [0.1, 0.15) is 12.0 Å². The van der Waals surface area contributed by atoms with Gasteiger partial charge in [-0.2, -0.15) is 24.9 Å². The summed E-state index contributed by atoms with van der Waals surface area (Å²) >= 11 is 3.24. The normalized spacial score (nSPS) is 11.8. The maximum absolute atomic E-state index is 12.5. The molecule has 0 bridgehead atoms. The van der Waals surface area contributed by atoms with Gasteiger partial charge >= 0.3 is 6.18 Å². The topological polar surface area (TPSA) is 26.0 Å². The van der Waals surface area contributed by atoms with Crippen LogP contribution in [0.5, 0.6) is 0 Å². The molecular weight excluding hydrogens is 279 g/mol. The fourth-order valence-electron chi connectivity index (χ4n) is 1.27. The highest BCUT2D eigenvalue weighted by atomic mass is 32.2. The average Bonchev–Trinajstić information content (AvgIpc) is 2.33. The molecule has 1 rings (SSSR count). The Morgan fingerprint density at radius 2 is 1.89 bits per heavy atom. The smallest absolute Gasteiger partial charge is 0.330 e. The molecule has 0 heterocycles. The Labute approximate surface area is 114 Å². The van der Waals surface area contributed by atoms with Crippen LogP contribution in [0.4, 0.5) is 13.2 Å². The first-order valence-electron chi connectivity index (χ1n) is 5.62. The predicted molar refractivity (Wildman–Crippen MR) is 73.2 cm³/mol. The van der Waals surface area contributed by atoms with E-state index >= 15 is 0 Å². The molecular formula is C12H16F3NS2. The van der Waals surface area contributed by atoms with Crippen molar-refractivity contribution in [3.63, 3.8) is 0 Å². The molecule has 0 atom stereocenters. The van der Waals surface area contributed by atoms with Gasteiger partial charge < -0.3 is 5.73 Å². The van der Waals surface area contributed by atoms with E-state index < -0.39 is 11.7 Å². The Kier molecular flexibility index (Phi) is 6.96. The number of thioether (sulfide) groups is 2. The van der Waals surface area contributed by atoms with Gasteiger partial charge in [-0.05, 0) is 36.9 Å². The van der Waals surface area contributed by atoms with Crippen LogP contribution in [-0.2, 0) is 6.18 Å². The van der Waals surface area contributed by atoms with Crippen molar-refractivity contribution >= 4 is 23.5 Å². The van der Waals surface area contributed by atoms with Crippen molar-refractivity contribution in [2.45, 2.75) is 17.5 Å². The fourth-order valence-corrected chi connectivity index (χ4v) is 3.27. The Morgan fingerprint density at radius 1 is 1.11 bits per heavy atom. The molecule has 0 aromatic heterocycles.